The standard InChI is InChI=1S/C26H27N9O3/c27-23-21(14-3-4-14)18(6-5-16-2-1-8-34(16)26(37)24-29-13-30-33-24)32-25-17(12-31-35(23)25)15-10-20-22(28-11-15)19(36)7-9-38-20/h1,8,10-14,16,19,36H,2-7,9,27H2,(H,29,30,33). The number of hydrogen-bond acceptors (Lipinski definition) is 9. The molecule has 4 aromatic heterocycles. The molecular weight excluding hydrogens is 486 g/mol. The van der Waals surface area contributed by atoms with Gasteiger partial charge in [-0.2, -0.15) is 9.61 Å². The molecule has 0 radical (unpaired) electrons. The molecule has 1 amide bonds. The molecule has 1 saturated carbocycles. The van der Waals surface area contributed by atoms with Crippen LogP contribution in [0.25, 0.3) is 16.8 Å². The van der Waals surface area contributed by atoms with Gasteiger partial charge in [0.15, 0.2) is 5.65 Å². The van der Waals surface area contributed by atoms with Crippen LogP contribution in [0.3, 0.4) is 0 Å². The Balaban J connectivity index is 1.22. The first kappa shape index (κ1) is 22.8. The van der Waals surface area contributed by atoms with Gasteiger partial charge in [0, 0.05) is 41.5 Å². The summed E-state index contributed by atoms with van der Waals surface area (Å²) >= 11 is 0. The zero-order valence-corrected chi connectivity index (χ0v) is 20.6. The number of nitrogens with zero attached hydrogens (tertiary/aromatic N) is 7. The molecule has 38 heavy (non-hydrogen) atoms. The maximum absolute atomic E-state index is 12.9. The number of fused-ring (bicyclic) bond motifs is 2. The lowest BCUT2D eigenvalue weighted by molar-refractivity contribution is 0.0767. The van der Waals surface area contributed by atoms with E-state index < -0.39 is 6.10 Å². The van der Waals surface area contributed by atoms with E-state index in [9.17, 15) is 9.90 Å². The SMILES string of the molecule is Nc1c(C2CC2)c(CCC2CC=CN2C(=O)c2nnc[nH]2)nc2c(-c3cnc4c(c3)OCCC4O)cnn12. The van der Waals surface area contributed by atoms with Crippen LogP contribution < -0.4 is 10.5 Å². The van der Waals surface area contributed by atoms with E-state index in [1.807, 2.05) is 18.3 Å². The molecule has 3 aliphatic rings. The molecule has 2 aliphatic heterocycles. The van der Waals surface area contributed by atoms with Gasteiger partial charge in [0.1, 0.15) is 29.7 Å². The Hall–Kier alpha value is -4.32. The highest BCUT2D eigenvalue weighted by molar-refractivity contribution is 5.91. The Kier molecular flexibility index (Phi) is 5.36. The zero-order valence-electron chi connectivity index (χ0n) is 20.6. The molecule has 6 heterocycles. The summed E-state index contributed by atoms with van der Waals surface area (Å²) in [7, 11) is 0. The van der Waals surface area contributed by atoms with Gasteiger partial charge in [-0.05, 0) is 44.1 Å². The van der Waals surface area contributed by atoms with Gasteiger partial charge in [-0.3, -0.25) is 9.78 Å². The van der Waals surface area contributed by atoms with Crippen molar-refractivity contribution in [2.75, 3.05) is 12.3 Å². The number of anilines is 1. The number of nitrogens with one attached hydrogen (secondary N) is 1. The maximum atomic E-state index is 12.9. The van der Waals surface area contributed by atoms with E-state index in [-0.39, 0.29) is 17.8 Å². The second-order valence-electron chi connectivity index (χ2n) is 10.0. The maximum Gasteiger partial charge on any atom is 0.295 e. The van der Waals surface area contributed by atoms with Crippen molar-refractivity contribution in [1.29, 1.82) is 0 Å². The van der Waals surface area contributed by atoms with Crippen molar-refractivity contribution >= 4 is 17.4 Å². The molecule has 194 valence electrons. The van der Waals surface area contributed by atoms with Gasteiger partial charge in [0.05, 0.1) is 18.5 Å². The summed E-state index contributed by atoms with van der Waals surface area (Å²) < 4.78 is 7.47. The molecule has 4 aromatic rings. The van der Waals surface area contributed by atoms with E-state index in [1.54, 1.807) is 21.8 Å². The van der Waals surface area contributed by atoms with Gasteiger partial charge in [-0.1, -0.05) is 6.08 Å². The lowest BCUT2D eigenvalue weighted by Gasteiger charge is -2.23. The number of rotatable bonds is 6. The summed E-state index contributed by atoms with van der Waals surface area (Å²) in [5.41, 5.74) is 11.5. The molecule has 2 unspecified atom stereocenters. The highest BCUT2D eigenvalue weighted by Gasteiger charge is 2.33. The van der Waals surface area contributed by atoms with E-state index in [0.29, 0.717) is 48.3 Å². The number of nitrogens with two attached hydrogens (primary N) is 1. The minimum atomic E-state index is -0.626. The Morgan fingerprint density at radius 3 is 2.97 bits per heavy atom. The molecule has 12 heteroatoms. The fourth-order valence-electron chi connectivity index (χ4n) is 5.47. The molecule has 1 aliphatic carbocycles. The van der Waals surface area contributed by atoms with E-state index in [1.165, 1.54) is 6.33 Å². The van der Waals surface area contributed by atoms with Crippen molar-refractivity contribution in [2.24, 2.45) is 0 Å². The molecular formula is C26H27N9O3. The van der Waals surface area contributed by atoms with Crippen LogP contribution in [0.4, 0.5) is 5.82 Å². The molecule has 0 bridgehead atoms. The number of aromatic amines is 1. The first-order valence-corrected chi connectivity index (χ1v) is 12.9. The summed E-state index contributed by atoms with van der Waals surface area (Å²) in [5.74, 6) is 1.59. The molecule has 4 N–H and O–H groups in total. The van der Waals surface area contributed by atoms with Crippen LogP contribution in [-0.4, -0.2) is 63.3 Å². The van der Waals surface area contributed by atoms with Gasteiger partial charge >= 0.3 is 0 Å². The van der Waals surface area contributed by atoms with Crippen LogP contribution >= 0.6 is 0 Å². The average Bonchev–Trinajstić information content (AvgIpc) is 3.31. The minimum Gasteiger partial charge on any atom is -0.491 e. The Morgan fingerprint density at radius 2 is 2.16 bits per heavy atom. The number of aliphatic hydroxyl groups is 1. The Morgan fingerprint density at radius 1 is 1.26 bits per heavy atom. The summed E-state index contributed by atoms with van der Waals surface area (Å²) in [6.45, 7) is 0.445. The number of aryl methyl sites for hydroxylation is 1. The number of amides is 1. The van der Waals surface area contributed by atoms with Crippen molar-refractivity contribution in [3.63, 3.8) is 0 Å². The quantitative estimate of drug-likeness (QED) is 0.352. The smallest absolute Gasteiger partial charge is 0.295 e. The van der Waals surface area contributed by atoms with E-state index in [4.69, 9.17) is 15.5 Å². The van der Waals surface area contributed by atoms with Crippen molar-refractivity contribution < 1.29 is 14.6 Å². The number of ether oxygens (including phenoxy) is 1. The third-order valence-electron chi connectivity index (χ3n) is 7.58. The lowest BCUT2D eigenvalue weighted by Crippen LogP contribution is -2.34. The molecule has 12 nitrogen and oxygen atoms in total. The summed E-state index contributed by atoms with van der Waals surface area (Å²) in [4.78, 5) is 27.0. The van der Waals surface area contributed by atoms with Crippen LogP contribution in [0.5, 0.6) is 5.75 Å². The van der Waals surface area contributed by atoms with Crippen molar-refractivity contribution in [3.05, 3.63) is 59.8 Å². The molecule has 1 fully saturated rings. The highest BCUT2D eigenvalue weighted by atomic mass is 16.5. The molecule has 0 spiro atoms. The fraction of sp³-hybridized carbons (Fsp3) is 0.385. The Labute approximate surface area is 217 Å². The van der Waals surface area contributed by atoms with Gasteiger partial charge < -0.3 is 25.5 Å². The number of aromatic nitrogens is 7. The van der Waals surface area contributed by atoms with Crippen molar-refractivity contribution in [2.45, 2.75) is 56.6 Å². The molecule has 2 atom stereocenters. The summed E-state index contributed by atoms with van der Waals surface area (Å²) in [6, 6.07) is 1.88. The molecule has 7 rings (SSSR count). The zero-order chi connectivity index (χ0) is 25.8. The number of H-pyrrole nitrogens is 1. The predicted molar refractivity (Wildman–Crippen MR) is 136 cm³/mol. The summed E-state index contributed by atoms with van der Waals surface area (Å²) in [6.07, 6.45) is 12.9. The molecule has 0 saturated heterocycles. The number of hydrogen-bond donors (Lipinski definition) is 3. The monoisotopic (exact) mass is 513 g/mol. The van der Waals surface area contributed by atoms with Crippen LogP contribution in [0.2, 0.25) is 0 Å². The average molecular weight is 514 g/mol. The largest absolute Gasteiger partial charge is 0.491 e. The number of carbonyl (C=O) groups is 1. The van der Waals surface area contributed by atoms with Gasteiger partial charge in [-0.25, -0.2) is 4.98 Å². The Bertz CT molecular complexity index is 1560. The van der Waals surface area contributed by atoms with Crippen molar-refractivity contribution in [3.8, 4) is 16.9 Å². The highest BCUT2D eigenvalue weighted by Crippen LogP contribution is 2.45. The van der Waals surface area contributed by atoms with Crippen molar-refractivity contribution in [1.82, 2.24) is 39.7 Å². The number of nitrogen functional groups attached to an aromatic ring is 1. The van der Waals surface area contributed by atoms with Crippen LogP contribution in [0.15, 0.2) is 37.1 Å². The van der Waals surface area contributed by atoms with Gasteiger partial charge in [0.25, 0.3) is 5.91 Å². The molecule has 0 aromatic carbocycles. The fourth-order valence-corrected chi connectivity index (χ4v) is 5.47. The van der Waals surface area contributed by atoms with Crippen LogP contribution in [0.1, 0.15) is 71.7 Å². The van der Waals surface area contributed by atoms with E-state index >= 15 is 0 Å². The topological polar surface area (TPSA) is 160 Å². The first-order chi connectivity index (χ1) is 18.6. The second-order valence-corrected chi connectivity index (χ2v) is 10.0. The van der Waals surface area contributed by atoms with E-state index in [2.05, 4.69) is 25.3 Å². The predicted octanol–water partition coefficient (Wildman–Crippen LogP) is 2.55. The second kappa shape index (κ2) is 8.91. The number of aliphatic hydroxyl groups excluding tert-OH is 1. The van der Waals surface area contributed by atoms with E-state index in [0.717, 1.165) is 48.1 Å². The van der Waals surface area contributed by atoms with Crippen LogP contribution in [0, 0.1) is 0 Å². The third-order valence-corrected chi connectivity index (χ3v) is 7.58. The lowest BCUT2D eigenvalue weighted by atomic mass is 10.0. The van der Waals surface area contributed by atoms with Gasteiger partial charge in [-0.15, -0.1) is 10.2 Å². The first-order valence-electron chi connectivity index (χ1n) is 12.9. The minimum absolute atomic E-state index is 0.00305. The summed E-state index contributed by atoms with van der Waals surface area (Å²) in [5, 5.41) is 22.4. The van der Waals surface area contributed by atoms with Gasteiger partial charge in [0.2, 0.25) is 5.82 Å². The van der Waals surface area contributed by atoms with Crippen LogP contribution in [-0.2, 0) is 6.42 Å². The number of pyridine rings is 1. The normalized spacial score (nSPS) is 20.6. The third kappa shape index (κ3) is 3.79. The number of carbonyl (C=O) groups excluding carboxylic acids is 1.